The monoisotopic (exact) mass is 453 g/mol. The molecular weight excluding hydrogens is 422 g/mol. The first-order valence-electron chi connectivity index (χ1n) is 11.3. The molecule has 1 aliphatic heterocycles. The number of sulfonamides is 1. The van der Waals surface area contributed by atoms with Gasteiger partial charge in [-0.15, -0.1) is 0 Å². The number of fused-ring (bicyclic) bond motifs is 1. The molecule has 2 aromatic carbocycles. The lowest BCUT2D eigenvalue weighted by molar-refractivity contribution is 0.164. The Morgan fingerprint density at radius 2 is 1.72 bits per heavy atom. The molecule has 0 aliphatic carbocycles. The van der Waals surface area contributed by atoms with Gasteiger partial charge in [0, 0.05) is 24.7 Å². The fraction of sp³-hybridized carbons (Fsp3) is 0.400. The molecule has 3 aromatic rings. The molecule has 0 atom stereocenters. The maximum Gasteiger partial charge on any atom is 0.261 e. The number of hydrogen-bond acceptors (Lipinski definition) is 5. The molecule has 0 amide bonds. The van der Waals surface area contributed by atoms with Gasteiger partial charge in [0.1, 0.15) is 5.75 Å². The van der Waals surface area contributed by atoms with E-state index in [-0.39, 0.29) is 11.1 Å². The van der Waals surface area contributed by atoms with E-state index in [0.29, 0.717) is 5.39 Å². The Bertz CT molecular complexity index is 1110. The van der Waals surface area contributed by atoms with E-state index in [2.05, 4.69) is 9.88 Å². The van der Waals surface area contributed by atoms with Crippen molar-refractivity contribution in [2.75, 3.05) is 33.3 Å². The second kappa shape index (κ2) is 10.4. The van der Waals surface area contributed by atoms with Gasteiger partial charge in [-0.25, -0.2) is 13.4 Å². The summed E-state index contributed by atoms with van der Waals surface area (Å²) in [5, 5.41) is 1.72. The minimum Gasteiger partial charge on any atom is -0.494 e. The van der Waals surface area contributed by atoms with Crippen molar-refractivity contribution in [1.29, 1.82) is 0 Å². The van der Waals surface area contributed by atoms with Crippen LogP contribution in [0.2, 0.25) is 0 Å². The number of unbranched alkanes of at least 4 members (excludes halogenated alkanes) is 1. The van der Waals surface area contributed by atoms with Gasteiger partial charge in [0.2, 0.25) is 0 Å². The highest BCUT2D eigenvalue weighted by Crippen LogP contribution is 2.26. The average Bonchev–Trinajstić information content (AvgIpc) is 2.84. The Morgan fingerprint density at radius 3 is 2.50 bits per heavy atom. The number of piperidine rings is 1. The molecular formula is C25H31N3O3S. The summed E-state index contributed by atoms with van der Waals surface area (Å²) in [6.45, 7) is 3.56. The number of para-hydroxylation sites is 1. The maximum absolute atomic E-state index is 13.3. The van der Waals surface area contributed by atoms with Crippen molar-refractivity contribution in [2.45, 2.75) is 36.8 Å². The largest absolute Gasteiger partial charge is 0.494 e. The third kappa shape index (κ3) is 5.28. The summed E-state index contributed by atoms with van der Waals surface area (Å²) in [5.74, 6) is 0.915. The van der Waals surface area contributed by atoms with E-state index < -0.39 is 10.0 Å². The van der Waals surface area contributed by atoms with E-state index >= 15 is 0 Å². The zero-order valence-corrected chi connectivity index (χ0v) is 19.4. The molecule has 0 radical (unpaired) electrons. The molecule has 7 heteroatoms. The summed E-state index contributed by atoms with van der Waals surface area (Å²) < 4.78 is 33.9. The average molecular weight is 454 g/mol. The van der Waals surface area contributed by atoms with Crippen LogP contribution >= 0.6 is 0 Å². The van der Waals surface area contributed by atoms with Crippen molar-refractivity contribution in [1.82, 2.24) is 14.2 Å². The highest BCUT2D eigenvalue weighted by atomic mass is 32.2. The zero-order chi connectivity index (χ0) is 22.4. The summed E-state index contributed by atoms with van der Waals surface area (Å²) in [6.07, 6.45) is 5.33. The molecule has 170 valence electrons. The number of rotatable bonds is 9. The maximum atomic E-state index is 13.3. The SMILES string of the molecule is CN(C1CCN(CCCCOc2ccccc2)CC1)S(=O)(=O)c1nccc2ccccc12. The number of aromatic nitrogens is 1. The van der Waals surface area contributed by atoms with Crippen molar-refractivity contribution in [3.8, 4) is 5.75 Å². The van der Waals surface area contributed by atoms with E-state index in [1.165, 1.54) is 4.31 Å². The lowest BCUT2D eigenvalue weighted by Crippen LogP contribution is -2.45. The Morgan fingerprint density at radius 1 is 1.00 bits per heavy atom. The van der Waals surface area contributed by atoms with Crippen LogP contribution in [0.1, 0.15) is 25.7 Å². The molecule has 1 aromatic heterocycles. The van der Waals surface area contributed by atoms with Crippen LogP contribution in [0, 0.1) is 0 Å². The van der Waals surface area contributed by atoms with Gasteiger partial charge in [0.05, 0.1) is 6.61 Å². The van der Waals surface area contributed by atoms with Gasteiger partial charge in [-0.2, -0.15) is 4.31 Å². The number of pyridine rings is 1. The van der Waals surface area contributed by atoms with Gasteiger partial charge in [0.15, 0.2) is 5.03 Å². The lowest BCUT2D eigenvalue weighted by Gasteiger charge is -2.36. The Balaban J connectivity index is 1.26. The Hall–Kier alpha value is -2.48. The van der Waals surface area contributed by atoms with Crippen molar-refractivity contribution >= 4 is 20.8 Å². The third-order valence-corrected chi connectivity index (χ3v) is 8.08. The van der Waals surface area contributed by atoms with Crippen LogP contribution in [0.5, 0.6) is 5.75 Å². The van der Waals surface area contributed by atoms with Gasteiger partial charge in [-0.3, -0.25) is 0 Å². The second-order valence-corrected chi connectivity index (χ2v) is 10.2. The van der Waals surface area contributed by atoms with Crippen LogP contribution in [0.4, 0.5) is 0 Å². The molecule has 1 saturated heterocycles. The Kier molecular flexibility index (Phi) is 7.40. The summed E-state index contributed by atoms with van der Waals surface area (Å²) >= 11 is 0. The first kappa shape index (κ1) is 22.7. The minimum atomic E-state index is -3.65. The van der Waals surface area contributed by atoms with Crippen LogP contribution in [0.3, 0.4) is 0 Å². The molecule has 2 heterocycles. The highest BCUT2D eigenvalue weighted by Gasteiger charge is 2.32. The van der Waals surface area contributed by atoms with Crippen molar-refractivity contribution in [3.63, 3.8) is 0 Å². The number of likely N-dealkylation sites (tertiary alicyclic amines) is 1. The van der Waals surface area contributed by atoms with Crippen LogP contribution in [0.15, 0.2) is 71.9 Å². The fourth-order valence-electron chi connectivity index (χ4n) is 4.28. The number of hydrogen-bond donors (Lipinski definition) is 0. The standard InChI is InChI=1S/C25H31N3O3S/c1-27(32(29,30)25-24-12-6-5-9-21(24)13-16-26-25)22-14-18-28(19-15-22)17-7-8-20-31-23-10-3-2-4-11-23/h2-6,9-13,16,22H,7-8,14-15,17-20H2,1H3. The number of ether oxygens (including phenoxy) is 1. The normalized spacial score (nSPS) is 15.9. The fourth-order valence-corrected chi connectivity index (χ4v) is 5.81. The molecule has 32 heavy (non-hydrogen) atoms. The summed E-state index contributed by atoms with van der Waals surface area (Å²) in [4.78, 5) is 6.66. The second-order valence-electron chi connectivity index (χ2n) is 8.30. The van der Waals surface area contributed by atoms with Crippen LogP contribution in [-0.2, 0) is 10.0 Å². The first-order valence-corrected chi connectivity index (χ1v) is 12.7. The molecule has 0 spiro atoms. The molecule has 0 unspecified atom stereocenters. The van der Waals surface area contributed by atoms with Crippen molar-refractivity contribution < 1.29 is 13.2 Å². The zero-order valence-electron chi connectivity index (χ0n) is 18.6. The molecule has 1 aliphatic rings. The molecule has 6 nitrogen and oxygen atoms in total. The van der Waals surface area contributed by atoms with E-state index in [4.69, 9.17) is 4.74 Å². The minimum absolute atomic E-state index is 0.00145. The van der Waals surface area contributed by atoms with Crippen molar-refractivity contribution in [2.24, 2.45) is 0 Å². The van der Waals surface area contributed by atoms with Gasteiger partial charge in [-0.1, -0.05) is 42.5 Å². The number of nitrogens with zero attached hydrogens (tertiary/aromatic N) is 3. The summed E-state index contributed by atoms with van der Waals surface area (Å²) in [7, 11) is -1.95. The molecule has 0 saturated carbocycles. The lowest BCUT2D eigenvalue weighted by atomic mass is 10.1. The van der Waals surface area contributed by atoms with Crippen molar-refractivity contribution in [3.05, 3.63) is 66.9 Å². The first-order chi connectivity index (χ1) is 15.6. The smallest absolute Gasteiger partial charge is 0.261 e. The summed E-state index contributed by atoms with van der Waals surface area (Å²) in [5.41, 5.74) is 0. The van der Waals surface area contributed by atoms with Gasteiger partial charge in [0.25, 0.3) is 10.0 Å². The van der Waals surface area contributed by atoms with E-state index in [0.717, 1.165) is 63.1 Å². The van der Waals surface area contributed by atoms with E-state index in [1.807, 2.05) is 60.7 Å². The molecule has 1 fully saturated rings. The van der Waals surface area contributed by atoms with E-state index in [1.54, 1.807) is 13.2 Å². The quantitative estimate of drug-likeness (QED) is 0.455. The number of benzene rings is 2. The van der Waals surface area contributed by atoms with Crippen LogP contribution in [0.25, 0.3) is 10.8 Å². The van der Waals surface area contributed by atoms with E-state index in [9.17, 15) is 8.42 Å². The predicted octanol–water partition coefficient (Wildman–Crippen LogP) is 4.18. The van der Waals surface area contributed by atoms with Crippen LogP contribution < -0.4 is 4.74 Å². The highest BCUT2D eigenvalue weighted by molar-refractivity contribution is 7.89. The van der Waals surface area contributed by atoms with Crippen LogP contribution in [-0.4, -0.2) is 61.9 Å². The molecule has 4 rings (SSSR count). The van der Waals surface area contributed by atoms with Gasteiger partial charge in [-0.05, 0) is 68.9 Å². The van der Waals surface area contributed by atoms with Gasteiger partial charge < -0.3 is 9.64 Å². The topological polar surface area (TPSA) is 62.7 Å². The van der Waals surface area contributed by atoms with Gasteiger partial charge >= 0.3 is 0 Å². The molecule has 0 N–H and O–H groups in total. The predicted molar refractivity (Wildman–Crippen MR) is 127 cm³/mol. The Labute approximate surface area is 190 Å². The molecule has 0 bridgehead atoms. The third-order valence-electron chi connectivity index (χ3n) is 6.21. The summed E-state index contributed by atoms with van der Waals surface area (Å²) in [6, 6.07) is 19.2.